The lowest BCUT2D eigenvalue weighted by Gasteiger charge is -2.29. The van der Waals surface area contributed by atoms with Crippen molar-refractivity contribution in [2.45, 2.75) is 31.7 Å². The molecule has 26 heavy (non-hydrogen) atoms. The SMILES string of the molecule is Cc1ccc(N(CCOc2ccc(S(=O)(=O)N(C)C)cc2)C(C)C)cc1. The maximum absolute atomic E-state index is 12.1. The van der Waals surface area contributed by atoms with E-state index in [9.17, 15) is 8.42 Å². The molecule has 2 aromatic carbocycles. The Morgan fingerprint density at radius 2 is 1.54 bits per heavy atom. The lowest BCUT2D eigenvalue weighted by atomic mass is 10.2. The summed E-state index contributed by atoms with van der Waals surface area (Å²) in [5.41, 5.74) is 2.41. The fourth-order valence-corrected chi connectivity index (χ4v) is 3.50. The molecule has 5 nitrogen and oxygen atoms in total. The van der Waals surface area contributed by atoms with Gasteiger partial charge in [0.1, 0.15) is 12.4 Å². The smallest absolute Gasteiger partial charge is 0.242 e. The fraction of sp³-hybridized carbons (Fsp3) is 0.400. The van der Waals surface area contributed by atoms with Crippen molar-refractivity contribution in [1.82, 2.24) is 4.31 Å². The summed E-state index contributed by atoms with van der Waals surface area (Å²) in [5.74, 6) is 0.662. The summed E-state index contributed by atoms with van der Waals surface area (Å²) >= 11 is 0. The zero-order valence-electron chi connectivity index (χ0n) is 16.1. The summed E-state index contributed by atoms with van der Waals surface area (Å²) in [6.45, 7) is 7.65. The maximum Gasteiger partial charge on any atom is 0.242 e. The number of ether oxygens (including phenoxy) is 1. The first-order valence-electron chi connectivity index (χ1n) is 8.70. The van der Waals surface area contributed by atoms with E-state index >= 15 is 0 Å². The molecule has 0 radical (unpaired) electrons. The Morgan fingerprint density at radius 3 is 2.04 bits per heavy atom. The Bertz CT molecular complexity index is 798. The molecular weight excluding hydrogens is 348 g/mol. The van der Waals surface area contributed by atoms with Crippen LogP contribution in [0, 0.1) is 6.92 Å². The predicted molar refractivity (Wildman–Crippen MR) is 106 cm³/mol. The van der Waals surface area contributed by atoms with E-state index in [1.165, 1.54) is 29.7 Å². The topological polar surface area (TPSA) is 49.9 Å². The van der Waals surface area contributed by atoms with Gasteiger partial charge in [-0.3, -0.25) is 0 Å². The van der Waals surface area contributed by atoms with Gasteiger partial charge in [0, 0.05) is 25.8 Å². The Hall–Kier alpha value is -2.05. The summed E-state index contributed by atoms with van der Waals surface area (Å²) in [6.07, 6.45) is 0. The second-order valence-corrected chi connectivity index (χ2v) is 8.88. The van der Waals surface area contributed by atoms with Gasteiger partial charge in [0.2, 0.25) is 10.0 Å². The first-order valence-corrected chi connectivity index (χ1v) is 10.1. The molecule has 0 fully saturated rings. The van der Waals surface area contributed by atoms with Crippen LogP contribution in [0.1, 0.15) is 19.4 Å². The molecule has 0 spiro atoms. The quantitative estimate of drug-likeness (QED) is 0.707. The summed E-state index contributed by atoms with van der Waals surface area (Å²) in [4.78, 5) is 2.54. The molecule has 0 bridgehead atoms. The van der Waals surface area contributed by atoms with Crippen LogP contribution in [-0.2, 0) is 10.0 Å². The number of hydrogen-bond donors (Lipinski definition) is 0. The second kappa shape index (κ2) is 8.56. The van der Waals surface area contributed by atoms with Crippen molar-refractivity contribution in [3.05, 3.63) is 54.1 Å². The van der Waals surface area contributed by atoms with Crippen LogP contribution in [0.25, 0.3) is 0 Å². The summed E-state index contributed by atoms with van der Waals surface area (Å²) in [6, 6.07) is 15.4. The predicted octanol–water partition coefficient (Wildman–Crippen LogP) is 3.54. The van der Waals surface area contributed by atoms with E-state index in [1.807, 2.05) is 0 Å². The normalized spacial score (nSPS) is 11.8. The molecule has 0 aliphatic carbocycles. The van der Waals surface area contributed by atoms with Gasteiger partial charge in [-0.15, -0.1) is 0 Å². The van der Waals surface area contributed by atoms with Crippen molar-refractivity contribution in [1.29, 1.82) is 0 Å². The minimum Gasteiger partial charge on any atom is -0.492 e. The third-order valence-electron chi connectivity index (χ3n) is 4.19. The molecule has 2 rings (SSSR count). The Balaban J connectivity index is 1.98. The third kappa shape index (κ3) is 4.99. The zero-order chi connectivity index (χ0) is 19.3. The number of rotatable bonds is 8. The van der Waals surface area contributed by atoms with Crippen LogP contribution in [0.2, 0.25) is 0 Å². The Labute approximate surface area is 157 Å². The average molecular weight is 377 g/mol. The average Bonchev–Trinajstić information content (AvgIpc) is 2.60. The molecule has 0 unspecified atom stereocenters. The van der Waals surface area contributed by atoms with Gasteiger partial charge in [0.05, 0.1) is 11.4 Å². The highest BCUT2D eigenvalue weighted by Crippen LogP contribution is 2.20. The van der Waals surface area contributed by atoms with Crippen LogP contribution in [0.15, 0.2) is 53.4 Å². The van der Waals surface area contributed by atoms with E-state index in [0.29, 0.717) is 18.4 Å². The van der Waals surface area contributed by atoms with Crippen LogP contribution in [0.3, 0.4) is 0 Å². The Kier molecular flexibility index (Phi) is 6.67. The van der Waals surface area contributed by atoms with Gasteiger partial charge in [-0.2, -0.15) is 0 Å². The van der Waals surface area contributed by atoms with E-state index in [0.717, 1.165) is 6.54 Å². The number of anilines is 1. The molecule has 0 amide bonds. The molecule has 0 saturated carbocycles. The van der Waals surface area contributed by atoms with Crippen molar-refractivity contribution in [3.63, 3.8) is 0 Å². The standard InChI is InChI=1S/C20H28N2O3S/c1-16(2)22(18-8-6-17(3)7-9-18)14-15-25-19-10-12-20(13-11-19)26(23,24)21(4)5/h6-13,16H,14-15H2,1-5H3. The van der Waals surface area contributed by atoms with Crippen LogP contribution in [0.4, 0.5) is 5.69 Å². The van der Waals surface area contributed by atoms with Crippen LogP contribution in [-0.4, -0.2) is 46.0 Å². The van der Waals surface area contributed by atoms with Gasteiger partial charge in [-0.05, 0) is 57.2 Å². The summed E-state index contributed by atoms with van der Waals surface area (Å²) in [5, 5.41) is 0. The number of aryl methyl sites for hydroxylation is 1. The molecule has 0 aliphatic rings. The van der Waals surface area contributed by atoms with E-state index in [1.54, 1.807) is 24.3 Å². The molecule has 0 heterocycles. The number of hydrogen-bond acceptors (Lipinski definition) is 4. The summed E-state index contributed by atoms with van der Waals surface area (Å²) < 4.78 is 31.2. The van der Waals surface area contributed by atoms with Gasteiger partial charge in [0.15, 0.2) is 0 Å². The van der Waals surface area contributed by atoms with E-state index < -0.39 is 10.0 Å². The zero-order valence-corrected chi connectivity index (χ0v) is 17.0. The Morgan fingerprint density at radius 1 is 0.962 bits per heavy atom. The first-order chi connectivity index (χ1) is 12.2. The van der Waals surface area contributed by atoms with Crippen LogP contribution >= 0.6 is 0 Å². The highest BCUT2D eigenvalue weighted by atomic mass is 32.2. The highest BCUT2D eigenvalue weighted by Gasteiger charge is 2.16. The van der Waals surface area contributed by atoms with E-state index in [-0.39, 0.29) is 4.90 Å². The minimum absolute atomic E-state index is 0.262. The highest BCUT2D eigenvalue weighted by molar-refractivity contribution is 7.89. The molecule has 142 valence electrons. The second-order valence-electron chi connectivity index (χ2n) is 6.73. The van der Waals surface area contributed by atoms with Crippen molar-refractivity contribution < 1.29 is 13.2 Å². The molecule has 0 aliphatic heterocycles. The van der Waals surface area contributed by atoms with E-state index in [4.69, 9.17) is 4.74 Å². The van der Waals surface area contributed by atoms with Gasteiger partial charge in [0.25, 0.3) is 0 Å². The van der Waals surface area contributed by atoms with Crippen molar-refractivity contribution in [2.75, 3.05) is 32.1 Å². The fourth-order valence-electron chi connectivity index (χ4n) is 2.60. The molecular formula is C20H28N2O3S. The van der Waals surface area contributed by atoms with Gasteiger partial charge in [-0.1, -0.05) is 17.7 Å². The van der Waals surface area contributed by atoms with E-state index in [2.05, 4.69) is 49.9 Å². The van der Waals surface area contributed by atoms with Crippen LogP contribution < -0.4 is 9.64 Å². The summed E-state index contributed by atoms with van der Waals surface area (Å²) in [7, 11) is -0.371. The lowest BCUT2D eigenvalue weighted by Crippen LogP contribution is -2.34. The monoisotopic (exact) mass is 376 g/mol. The largest absolute Gasteiger partial charge is 0.492 e. The molecule has 0 aromatic heterocycles. The van der Waals surface area contributed by atoms with Crippen molar-refractivity contribution in [2.24, 2.45) is 0 Å². The first kappa shape index (κ1) is 20.3. The maximum atomic E-state index is 12.1. The molecule has 6 heteroatoms. The lowest BCUT2D eigenvalue weighted by molar-refractivity contribution is 0.320. The molecule has 0 N–H and O–H groups in total. The van der Waals surface area contributed by atoms with Crippen LogP contribution in [0.5, 0.6) is 5.75 Å². The van der Waals surface area contributed by atoms with Crippen molar-refractivity contribution >= 4 is 15.7 Å². The van der Waals surface area contributed by atoms with Crippen molar-refractivity contribution in [3.8, 4) is 5.75 Å². The number of benzene rings is 2. The molecule has 2 aromatic rings. The van der Waals surface area contributed by atoms with Gasteiger partial charge in [-0.25, -0.2) is 12.7 Å². The number of sulfonamides is 1. The van der Waals surface area contributed by atoms with Gasteiger partial charge >= 0.3 is 0 Å². The molecule has 0 saturated heterocycles. The number of nitrogens with zero attached hydrogens (tertiary/aromatic N) is 2. The van der Waals surface area contributed by atoms with Gasteiger partial charge < -0.3 is 9.64 Å². The molecule has 0 atom stereocenters. The minimum atomic E-state index is -3.41. The third-order valence-corrected chi connectivity index (χ3v) is 6.02.